The van der Waals surface area contributed by atoms with Crippen molar-refractivity contribution in [1.29, 1.82) is 0 Å². The van der Waals surface area contributed by atoms with Gasteiger partial charge in [0.25, 0.3) is 0 Å². The Bertz CT molecular complexity index is 438. The summed E-state index contributed by atoms with van der Waals surface area (Å²) in [7, 11) is 0. The number of hydrogen-bond donors (Lipinski definition) is 0. The van der Waals surface area contributed by atoms with E-state index in [1.165, 1.54) is 88.3 Å². The van der Waals surface area contributed by atoms with E-state index in [2.05, 4.69) is 46.1 Å². The van der Waals surface area contributed by atoms with Crippen LogP contribution in [0.4, 0.5) is 0 Å². The second kappa shape index (κ2) is 15.3. The highest BCUT2D eigenvalue weighted by atomic mass is 79.9. The average molecular weight is 397 g/mol. The Morgan fingerprint density at radius 2 is 1.35 bits per heavy atom. The molecule has 0 saturated carbocycles. The van der Waals surface area contributed by atoms with Crippen molar-refractivity contribution < 1.29 is 0 Å². The molecule has 0 aromatic carbocycles. The van der Waals surface area contributed by atoms with Gasteiger partial charge >= 0.3 is 0 Å². The lowest BCUT2D eigenvalue weighted by atomic mass is 10.0. The van der Waals surface area contributed by atoms with E-state index >= 15 is 0 Å². The van der Waals surface area contributed by atoms with Crippen molar-refractivity contribution in [2.24, 2.45) is 0 Å². The van der Waals surface area contributed by atoms with Crippen LogP contribution in [0.3, 0.4) is 0 Å². The largest absolute Gasteiger partial charge is 0.134 e. The molecule has 0 aliphatic rings. The molecule has 0 spiro atoms. The van der Waals surface area contributed by atoms with Crippen LogP contribution in [-0.4, -0.2) is 0 Å². The van der Waals surface area contributed by atoms with Crippen molar-refractivity contribution in [2.75, 3.05) is 0 Å². The molecule has 0 saturated heterocycles. The Labute approximate surface area is 156 Å². The van der Waals surface area contributed by atoms with Crippen molar-refractivity contribution in [3.05, 3.63) is 20.8 Å². The van der Waals surface area contributed by atoms with E-state index in [9.17, 15) is 0 Å². The molecule has 0 radical (unpaired) electrons. The molecule has 1 rings (SSSR count). The normalized spacial score (nSPS) is 10.5. The molecule has 2 heteroatoms. The Balaban J connectivity index is 1.80. The van der Waals surface area contributed by atoms with Gasteiger partial charge in [0.15, 0.2) is 0 Å². The topological polar surface area (TPSA) is 0 Å². The summed E-state index contributed by atoms with van der Waals surface area (Å²) in [5.74, 6) is 6.56. The fraction of sp³-hybridized carbons (Fsp3) is 0.714. The van der Waals surface area contributed by atoms with Crippen molar-refractivity contribution >= 4 is 27.3 Å². The first-order chi connectivity index (χ1) is 11.3. The van der Waals surface area contributed by atoms with E-state index in [0.29, 0.717) is 0 Å². The summed E-state index contributed by atoms with van der Waals surface area (Å²) in [5.41, 5.74) is 0. The molecule has 0 aliphatic heterocycles. The molecule has 1 aromatic rings. The van der Waals surface area contributed by atoms with Crippen LogP contribution in [0.1, 0.15) is 102 Å². The molecule has 0 N–H and O–H groups in total. The minimum absolute atomic E-state index is 1.04. The molecular formula is C21H33BrS. The average Bonchev–Trinajstić information content (AvgIpc) is 2.96. The van der Waals surface area contributed by atoms with E-state index in [1.807, 2.05) is 0 Å². The Hall–Kier alpha value is -0.260. The van der Waals surface area contributed by atoms with Gasteiger partial charge in [0, 0.05) is 10.9 Å². The quantitative estimate of drug-likeness (QED) is 0.232. The second-order valence-corrected chi connectivity index (χ2v) is 8.16. The van der Waals surface area contributed by atoms with Crippen LogP contribution in [0.5, 0.6) is 0 Å². The van der Waals surface area contributed by atoms with Gasteiger partial charge in [-0.25, -0.2) is 0 Å². The third-order valence-electron chi connectivity index (χ3n) is 4.22. The lowest BCUT2D eigenvalue weighted by Gasteiger charge is -2.02. The van der Waals surface area contributed by atoms with E-state index < -0.39 is 0 Å². The molecule has 0 nitrogen and oxygen atoms in total. The Morgan fingerprint density at radius 3 is 1.83 bits per heavy atom. The van der Waals surface area contributed by atoms with Gasteiger partial charge < -0.3 is 0 Å². The number of thiophene rings is 1. The van der Waals surface area contributed by atoms with Crippen molar-refractivity contribution in [1.82, 2.24) is 0 Å². The lowest BCUT2D eigenvalue weighted by molar-refractivity contribution is 0.540. The van der Waals surface area contributed by atoms with Crippen molar-refractivity contribution in [3.63, 3.8) is 0 Å². The Kier molecular flexibility index (Phi) is 13.8. The van der Waals surface area contributed by atoms with Gasteiger partial charge in [-0.15, -0.1) is 11.3 Å². The molecule has 1 heterocycles. The third-order valence-corrected chi connectivity index (χ3v) is 5.98. The van der Waals surface area contributed by atoms with Gasteiger partial charge in [-0.3, -0.25) is 0 Å². The predicted octanol–water partition coefficient (Wildman–Crippen LogP) is 8.34. The summed E-state index contributed by atoms with van der Waals surface area (Å²) in [4.78, 5) is 1.17. The summed E-state index contributed by atoms with van der Waals surface area (Å²) in [6.07, 6.45) is 19.4. The maximum atomic E-state index is 3.52. The monoisotopic (exact) mass is 396 g/mol. The molecular weight excluding hydrogens is 364 g/mol. The zero-order valence-corrected chi connectivity index (χ0v) is 17.2. The summed E-state index contributed by atoms with van der Waals surface area (Å²) >= 11 is 5.23. The van der Waals surface area contributed by atoms with Crippen LogP contribution in [0, 0.1) is 11.8 Å². The molecule has 23 heavy (non-hydrogen) atoms. The molecule has 0 unspecified atom stereocenters. The first-order valence-corrected chi connectivity index (χ1v) is 11.2. The SMILES string of the molecule is CCCCCCCCCCCCCCCC#Cc1sccc1Br. The van der Waals surface area contributed by atoms with Gasteiger partial charge in [-0.1, -0.05) is 95.8 Å². The molecule has 0 aliphatic carbocycles. The lowest BCUT2D eigenvalue weighted by Crippen LogP contribution is -1.82. The number of rotatable bonds is 13. The Morgan fingerprint density at radius 1 is 0.826 bits per heavy atom. The van der Waals surface area contributed by atoms with Gasteiger partial charge in [0.05, 0.1) is 4.88 Å². The van der Waals surface area contributed by atoms with Crippen molar-refractivity contribution in [3.8, 4) is 11.8 Å². The predicted molar refractivity (Wildman–Crippen MR) is 109 cm³/mol. The summed E-state index contributed by atoms with van der Waals surface area (Å²) in [6, 6.07) is 2.07. The summed E-state index contributed by atoms with van der Waals surface area (Å²) < 4.78 is 1.14. The fourth-order valence-electron chi connectivity index (χ4n) is 2.76. The highest BCUT2D eigenvalue weighted by Crippen LogP contribution is 2.21. The van der Waals surface area contributed by atoms with Crippen LogP contribution in [0.25, 0.3) is 0 Å². The highest BCUT2D eigenvalue weighted by molar-refractivity contribution is 9.10. The zero-order chi connectivity index (χ0) is 16.6. The molecule has 130 valence electrons. The van der Waals surface area contributed by atoms with Gasteiger partial charge in [-0.05, 0) is 33.8 Å². The van der Waals surface area contributed by atoms with Crippen molar-refractivity contribution in [2.45, 2.75) is 96.8 Å². The number of hydrogen-bond acceptors (Lipinski definition) is 1. The summed E-state index contributed by atoms with van der Waals surface area (Å²) in [5, 5.41) is 2.08. The maximum absolute atomic E-state index is 3.52. The van der Waals surface area contributed by atoms with Crippen LogP contribution >= 0.6 is 27.3 Å². The van der Waals surface area contributed by atoms with Crippen LogP contribution in [0.15, 0.2) is 15.9 Å². The van der Waals surface area contributed by atoms with E-state index in [0.717, 1.165) is 10.9 Å². The summed E-state index contributed by atoms with van der Waals surface area (Å²) in [6.45, 7) is 2.29. The molecule has 0 amide bonds. The minimum atomic E-state index is 1.04. The number of halogens is 1. The van der Waals surface area contributed by atoms with E-state index in [-0.39, 0.29) is 0 Å². The maximum Gasteiger partial charge on any atom is 0.0910 e. The first-order valence-electron chi connectivity index (χ1n) is 9.56. The number of unbranched alkanes of at least 4 members (excludes halogenated alkanes) is 13. The van der Waals surface area contributed by atoms with Crippen LogP contribution in [-0.2, 0) is 0 Å². The molecule has 1 aromatic heterocycles. The zero-order valence-electron chi connectivity index (χ0n) is 14.8. The minimum Gasteiger partial charge on any atom is -0.134 e. The fourth-order valence-corrected chi connectivity index (χ4v) is 4.10. The van der Waals surface area contributed by atoms with E-state index in [1.54, 1.807) is 11.3 Å². The standard InChI is InChI=1S/C21H33BrS/c1-2-3-4-5-6-7-8-9-10-11-12-13-14-15-16-17-21-20(22)18-19-23-21/h18-19H,2-15H2,1H3. The molecule has 0 fully saturated rings. The van der Waals surface area contributed by atoms with Gasteiger partial charge in [0.1, 0.15) is 0 Å². The first kappa shape index (κ1) is 20.8. The smallest absolute Gasteiger partial charge is 0.0910 e. The van der Waals surface area contributed by atoms with Gasteiger partial charge in [-0.2, -0.15) is 0 Å². The van der Waals surface area contributed by atoms with E-state index in [4.69, 9.17) is 0 Å². The van der Waals surface area contributed by atoms with Crippen LogP contribution < -0.4 is 0 Å². The van der Waals surface area contributed by atoms with Crippen LogP contribution in [0.2, 0.25) is 0 Å². The highest BCUT2D eigenvalue weighted by Gasteiger charge is 1.95. The molecule has 0 atom stereocenters. The van der Waals surface area contributed by atoms with Gasteiger partial charge in [0.2, 0.25) is 0 Å². The third kappa shape index (κ3) is 11.8. The second-order valence-electron chi connectivity index (χ2n) is 6.39. The molecule has 0 bridgehead atoms.